The van der Waals surface area contributed by atoms with Gasteiger partial charge in [-0.25, -0.2) is 0 Å². The summed E-state index contributed by atoms with van der Waals surface area (Å²) in [6, 6.07) is 11.9. The average molecular weight is 275 g/mol. The van der Waals surface area contributed by atoms with E-state index in [-0.39, 0.29) is 5.91 Å². The number of rotatable bonds is 5. The van der Waals surface area contributed by atoms with E-state index in [0.29, 0.717) is 17.1 Å². The van der Waals surface area contributed by atoms with Crippen molar-refractivity contribution in [2.45, 2.75) is 13.5 Å². The number of nitrogen functional groups attached to an aromatic ring is 1. The van der Waals surface area contributed by atoms with Crippen LogP contribution in [0.15, 0.2) is 36.4 Å². The second-order valence-corrected chi connectivity index (χ2v) is 5.15. The van der Waals surface area contributed by atoms with Crippen molar-refractivity contribution in [2.24, 2.45) is 0 Å². The van der Waals surface area contributed by atoms with Crippen LogP contribution in [-0.4, -0.2) is 12.5 Å². The highest BCUT2D eigenvalue weighted by molar-refractivity contribution is 7.18. The van der Waals surface area contributed by atoms with Gasteiger partial charge in [0.15, 0.2) is 0 Å². The van der Waals surface area contributed by atoms with Gasteiger partial charge in [0.25, 0.3) is 5.91 Å². The zero-order chi connectivity index (χ0) is 13.7. The van der Waals surface area contributed by atoms with Gasteiger partial charge in [-0.15, -0.1) is 11.3 Å². The van der Waals surface area contributed by atoms with Crippen LogP contribution >= 0.6 is 11.3 Å². The van der Waals surface area contributed by atoms with E-state index < -0.39 is 0 Å². The van der Waals surface area contributed by atoms with Crippen molar-refractivity contribution in [3.05, 3.63) is 46.8 Å². The number of carbonyl (C=O) groups is 1. The minimum absolute atomic E-state index is 0.113. The van der Waals surface area contributed by atoms with E-state index in [0.717, 1.165) is 11.5 Å². The second kappa shape index (κ2) is 6.24. The Balaban J connectivity index is 2.02. The molecule has 0 saturated carbocycles. The Bertz CT molecular complexity index is 551. The topological polar surface area (TPSA) is 67.2 Å². The minimum Gasteiger partial charge on any atom is -0.397 e. The molecule has 100 valence electrons. The molecule has 0 atom stereocenters. The number of benzene rings is 1. The maximum Gasteiger partial charge on any atom is 0.263 e. The molecule has 2 aromatic rings. The number of nitrogens with two attached hydrogens (primary N) is 1. The van der Waals surface area contributed by atoms with Gasteiger partial charge in [-0.05, 0) is 18.6 Å². The first kappa shape index (κ1) is 13.4. The van der Waals surface area contributed by atoms with Gasteiger partial charge in [-0.3, -0.25) is 4.79 Å². The van der Waals surface area contributed by atoms with E-state index in [1.807, 2.05) is 25.1 Å². The predicted molar refractivity (Wildman–Crippen MR) is 80.5 cm³/mol. The first-order valence-corrected chi connectivity index (χ1v) is 6.97. The fraction of sp³-hybridized carbons (Fsp3) is 0.214. The number of thiophene rings is 1. The van der Waals surface area contributed by atoms with E-state index >= 15 is 0 Å². The summed E-state index contributed by atoms with van der Waals surface area (Å²) in [7, 11) is 0. The largest absolute Gasteiger partial charge is 0.397 e. The highest BCUT2D eigenvalue weighted by Gasteiger charge is 2.13. The predicted octanol–water partition coefficient (Wildman–Crippen LogP) is 2.69. The smallest absolute Gasteiger partial charge is 0.263 e. The first-order chi connectivity index (χ1) is 9.20. The molecule has 1 heterocycles. The molecule has 4 N–H and O–H groups in total. The van der Waals surface area contributed by atoms with Crippen molar-refractivity contribution >= 4 is 27.9 Å². The van der Waals surface area contributed by atoms with Gasteiger partial charge < -0.3 is 16.4 Å². The van der Waals surface area contributed by atoms with Gasteiger partial charge in [0.05, 0.1) is 10.7 Å². The summed E-state index contributed by atoms with van der Waals surface area (Å²) in [5.41, 5.74) is 7.56. The van der Waals surface area contributed by atoms with Crippen LogP contribution in [0.1, 0.15) is 22.2 Å². The zero-order valence-electron chi connectivity index (χ0n) is 10.8. The van der Waals surface area contributed by atoms with Crippen LogP contribution in [0.3, 0.4) is 0 Å². The molecular weight excluding hydrogens is 258 g/mol. The van der Waals surface area contributed by atoms with Crippen molar-refractivity contribution in [1.82, 2.24) is 5.32 Å². The number of hydrogen-bond donors (Lipinski definition) is 3. The first-order valence-electron chi connectivity index (χ1n) is 6.16. The number of amides is 1. The summed E-state index contributed by atoms with van der Waals surface area (Å²) < 4.78 is 0. The third-order valence-corrected chi connectivity index (χ3v) is 3.72. The molecule has 19 heavy (non-hydrogen) atoms. The van der Waals surface area contributed by atoms with Crippen LogP contribution in [0.5, 0.6) is 0 Å². The number of carbonyl (C=O) groups excluding carboxylic acids is 1. The zero-order valence-corrected chi connectivity index (χ0v) is 11.6. The third-order valence-electron chi connectivity index (χ3n) is 2.61. The molecule has 4 nitrogen and oxygen atoms in total. The maximum atomic E-state index is 11.7. The molecule has 0 saturated heterocycles. The number of anilines is 2. The summed E-state index contributed by atoms with van der Waals surface area (Å²) in [5.74, 6) is -0.113. The van der Waals surface area contributed by atoms with Crippen LogP contribution in [0.4, 0.5) is 10.7 Å². The standard InChI is InChI=1S/C14H17N3OS/c1-2-16-14(18)13-11(15)8-12(19-13)17-9-10-6-4-3-5-7-10/h3-8,17H,2,9,15H2,1H3,(H,16,18). The Morgan fingerprint density at radius 2 is 2.05 bits per heavy atom. The lowest BCUT2D eigenvalue weighted by atomic mass is 10.2. The molecule has 2 rings (SSSR count). The Morgan fingerprint density at radius 3 is 2.74 bits per heavy atom. The van der Waals surface area contributed by atoms with E-state index in [1.165, 1.54) is 16.9 Å². The van der Waals surface area contributed by atoms with E-state index in [2.05, 4.69) is 22.8 Å². The average Bonchev–Trinajstić information content (AvgIpc) is 2.79. The Labute approximate surface area is 116 Å². The lowest BCUT2D eigenvalue weighted by molar-refractivity contribution is 0.0960. The van der Waals surface area contributed by atoms with Gasteiger partial charge in [0.2, 0.25) is 0 Å². The molecule has 0 aliphatic carbocycles. The minimum atomic E-state index is -0.113. The quantitative estimate of drug-likeness (QED) is 0.786. The van der Waals surface area contributed by atoms with Gasteiger partial charge in [-0.2, -0.15) is 0 Å². The van der Waals surface area contributed by atoms with Crippen LogP contribution in [-0.2, 0) is 6.54 Å². The molecule has 1 aromatic heterocycles. The second-order valence-electron chi connectivity index (χ2n) is 4.09. The number of nitrogens with one attached hydrogen (secondary N) is 2. The maximum absolute atomic E-state index is 11.7. The summed E-state index contributed by atoms with van der Waals surface area (Å²) in [6.45, 7) is 3.20. The Hall–Kier alpha value is -2.01. The van der Waals surface area contributed by atoms with Crippen LogP contribution in [0.2, 0.25) is 0 Å². The monoisotopic (exact) mass is 275 g/mol. The van der Waals surface area contributed by atoms with Gasteiger partial charge in [0, 0.05) is 13.1 Å². The van der Waals surface area contributed by atoms with E-state index in [9.17, 15) is 4.79 Å². The Kier molecular flexibility index (Phi) is 4.41. The SMILES string of the molecule is CCNC(=O)c1sc(NCc2ccccc2)cc1N. The number of hydrogen-bond acceptors (Lipinski definition) is 4. The molecule has 0 aliphatic rings. The lowest BCUT2D eigenvalue weighted by Crippen LogP contribution is -2.22. The summed E-state index contributed by atoms with van der Waals surface area (Å²) in [5, 5.41) is 6.94. The molecule has 1 amide bonds. The lowest BCUT2D eigenvalue weighted by Gasteiger charge is -2.02. The summed E-state index contributed by atoms with van der Waals surface area (Å²) in [4.78, 5) is 12.3. The molecule has 0 aliphatic heterocycles. The van der Waals surface area contributed by atoms with Gasteiger partial charge >= 0.3 is 0 Å². The molecule has 0 unspecified atom stereocenters. The van der Waals surface area contributed by atoms with Crippen molar-refractivity contribution in [1.29, 1.82) is 0 Å². The van der Waals surface area contributed by atoms with Crippen molar-refractivity contribution < 1.29 is 4.79 Å². The van der Waals surface area contributed by atoms with Crippen molar-refractivity contribution in [3.8, 4) is 0 Å². The van der Waals surface area contributed by atoms with Crippen molar-refractivity contribution in [3.63, 3.8) is 0 Å². The Morgan fingerprint density at radius 1 is 1.32 bits per heavy atom. The molecule has 0 spiro atoms. The fourth-order valence-electron chi connectivity index (χ4n) is 1.70. The fourth-order valence-corrected chi connectivity index (χ4v) is 2.59. The summed E-state index contributed by atoms with van der Waals surface area (Å²) >= 11 is 1.38. The molecule has 5 heteroatoms. The van der Waals surface area contributed by atoms with Gasteiger partial charge in [-0.1, -0.05) is 30.3 Å². The van der Waals surface area contributed by atoms with E-state index in [1.54, 1.807) is 6.07 Å². The van der Waals surface area contributed by atoms with Crippen molar-refractivity contribution in [2.75, 3.05) is 17.6 Å². The van der Waals surface area contributed by atoms with Gasteiger partial charge in [0.1, 0.15) is 4.88 Å². The highest BCUT2D eigenvalue weighted by atomic mass is 32.1. The molecule has 0 fully saturated rings. The van der Waals surface area contributed by atoms with E-state index in [4.69, 9.17) is 5.73 Å². The van der Waals surface area contributed by atoms with Crippen LogP contribution < -0.4 is 16.4 Å². The normalized spacial score (nSPS) is 10.2. The summed E-state index contributed by atoms with van der Waals surface area (Å²) in [6.07, 6.45) is 0. The van der Waals surface area contributed by atoms with Crippen LogP contribution in [0.25, 0.3) is 0 Å². The highest BCUT2D eigenvalue weighted by Crippen LogP contribution is 2.29. The third kappa shape index (κ3) is 3.48. The van der Waals surface area contributed by atoms with Crippen LogP contribution in [0, 0.1) is 0 Å². The molecular formula is C14H17N3OS. The molecule has 0 radical (unpaired) electrons. The molecule has 0 bridgehead atoms. The molecule has 1 aromatic carbocycles.